The topological polar surface area (TPSA) is 54.3 Å². The number of nitrogens with one attached hydrogen (secondary N) is 1. The van der Waals surface area contributed by atoms with Crippen LogP contribution < -0.4 is 0 Å². The van der Waals surface area contributed by atoms with Crippen LogP contribution >= 0.6 is 0 Å². The number of hydrogen-bond donors (Lipinski definition) is 1. The molecule has 1 N–H and O–H groups in total. The number of fused-ring (bicyclic) bond motifs is 15. The number of aromatic nitrogens is 1. The lowest BCUT2D eigenvalue weighted by Crippen LogP contribution is -2.33. The van der Waals surface area contributed by atoms with Crippen LogP contribution in [0.5, 0.6) is 0 Å². The summed E-state index contributed by atoms with van der Waals surface area (Å²) in [4.78, 5) is 4.41. The average molecular weight is 728 g/mol. The highest BCUT2D eigenvalue weighted by molar-refractivity contribution is 6.18. The summed E-state index contributed by atoms with van der Waals surface area (Å²) < 4.78 is 8.83. The standard InChI is InChI=1S/C53H33N3O/c1-55-45(32-14-3-2-4-15-32)31-44(54)37-20-12-22-42-50(37)39-30-33(34-18-13-27-49-51(34)38-17-6-10-26-48(38)57-49)28-29-40(39)53(42)41-21-7-9-25-47(41)56-46-24-8-5-16-35(46)36-19-11-23-43(53)52(36)56/h2-31,54H,1H2/b45-31-,54-44?. The first kappa shape index (κ1) is 31.8. The van der Waals surface area contributed by atoms with E-state index >= 15 is 0 Å². The summed E-state index contributed by atoms with van der Waals surface area (Å²) in [5.74, 6) is 0. The molecule has 57 heavy (non-hydrogen) atoms. The third-order valence-corrected chi connectivity index (χ3v) is 12.3. The van der Waals surface area contributed by atoms with E-state index in [0.717, 1.165) is 55.3 Å². The highest BCUT2D eigenvalue weighted by Crippen LogP contribution is 2.62. The third-order valence-electron chi connectivity index (χ3n) is 12.3. The molecular weight excluding hydrogens is 695 g/mol. The minimum atomic E-state index is -0.656. The zero-order valence-electron chi connectivity index (χ0n) is 30.8. The molecule has 2 aromatic heterocycles. The molecule has 4 nitrogen and oxygen atoms in total. The fourth-order valence-electron chi connectivity index (χ4n) is 10.1. The smallest absolute Gasteiger partial charge is 0.136 e. The minimum Gasteiger partial charge on any atom is -0.456 e. The Morgan fingerprint density at radius 3 is 2.19 bits per heavy atom. The number of furan rings is 1. The van der Waals surface area contributed by atoms with Crippen molar-refractivity contribution in [2.75, 3.05) is 0 Å². The van der Waals surface area contributed by atoms with E-state index in [1.165, 1.54) is 49.7 Å². The molecule has 12 rings (SSSR count). The number of para-hydroxylation sites is 4. The van der Waals surface area contributed by atoms with Gasteiger partial charge in [-0.2, -0.15) is 0 Å². The fourth-order valence-corrected chi connectivity index (χ4v) is 10.1. The molecule has 2 aliphatic rings. The van der Waals surface area contributed by atoms with Gasteiger partial charge in [0.25, 0.3) is 0 Å². The summed E-state index contributed by atoms with van der Waals surface area (Å²) in [7, 11) is 0. The fraction of sp³-hybridized carbons (Fsp3) is 0.0189. The van der Waals surface area contributed by atoms with E-state index < -0.39 is 5.41 Å². The van der Waals surface area contributed by atoms with Crippen LogP contribution in [-0.4, -0.2) is 17.0 Å². The number of rotatable bonds is 5. The van der Waals surface area contributed by atoms with Gasteiger partial charge < -0.3 is 14.4 Å². The van der Waals surface area contributed by atoms with Crippen LogP contribution in [0.1, 0.15) is 33.4 Å². The molecule has 8 aromatic carbocycles. The highest BCUT2D eigenvalue weighted by Gasteiger charge is 2.51. The number of hydrogen-bond acceptors (Lipinski definition) is 3. The monoisotopic (exact) mass is 727 g/mol. The van der Waals surface area contributed by atoms with Crippen molar-refractivity contribution in [1.82, 2.24) is 4.57 Å². The van der Waals surface area contributed by atoms with Gasteiger partial charge in [0.05, 0.1) is 33.5 Å². The van der Waals surface area contributed by atoms with Crippen molar-refractivity contribution in [2.45, 2.75) is 5.41 Å². The van der Waals surface area contributed by atoms with Gasteiger partial charge in [-0.3, -0.25) is 4.99 Å². The van der Waals surface area contributed by atoms with Crippen LogP contribution in [0.3, 0.4) is 0 Å². The summed E-state index contributed by atoms with van der Waals surface area (Å²) in [6.45, 7) is 3.91. The summed E-state index contributed by atoms with van der Waals surface area (Å²) in [5.41, 5.74) is 16.7. The maximum atomic E-state index is 9.79. The van der Waals surface area contributed by atoms with Gasteiger partial charge in [0.1, 0.15) is 11.2 Å². The molecule has 0 saturated carbocycles. The van der Waals surface area contributed by atoms with Crippen LogP contribution in [0.4, 0.5) is 0 Å². The minimum absolute atomic E-state index is 0.380. The molecule has 1 aliphatic carbocycles. The number of aliphatic imine (C=N–C) groups is 1. The Balaban J connectivity index is 1.20. The summed E-state index contributed by atoms with van der Waals surface area (Å²) in [6, 6.07) is 62.6. The zero-order valence-corrected chi connectivity index (χ0v) is 30.8. The predicted octanol–water partition coefficient (Wildman–Crippen LogP) is 13.1. The molecule has 3 heterocycles. The van der Waals surface area contributed by atoms with E-state index in [-0.39, 0.29) is 0 Å². The molecule has 0 amide bonds. The Kier molecular flexibility index (Phi) is 6.53. The molecular formula is C53H33N3O. The molecule has 1 spiro atoms. The van der Waals surface area contributed by atoms with Crippen molar-refractivity contribution in [3.05, 3.63) is 215 Å². The molecule has 1 aliphatic heterocycles. The van der Waals surface area contributed by atoms with E-state index in [1.807, 2.05) is 48.5 Å². The van der Waals surface area contributed by atoms with Gasteiger partial charge in [-0.15, -0.1) is 0 Å². The van der Waals surface area contributed by atoms with Crippen LogP contribution in [-0.2, 0) is 5.41 Å². The van der Waals surface area contributed by atoms with E-state index in [9.17, 15) is 5.41 Å². The van der Waals surface area contributed by atoms with E-state index in [4.69, 9.17) is 4.42 Å². The van der Waals surface area contributed by atoms with Crippen molar-refractivity contribution >= 4 is 61.9 Å². The first-order chi connectivity index (χ1) is 28.2. The first-order valence-electron chi connectivity index (χ1n) is 19.3. The maximum absolute atomic E-state index is 9.79. The number of nitrogens with zero attached hydrogens (tertiary/aromatic N) is 2. The van der Waals surface area contributed by atoms with Crippen molar-refractivity contribution in [1.29, 1.82) is 5.41 Å². The molecule has 266 valence electrons. The van der Waals surface area contributed by atoms with Crippen molar-refractivity contribution in [2.24, 2.45) is 4.99 Å². The lowest BCUT2D eigenvalue weighted by atomic mass is 9.65. The maximum Gasteiger partial charge on any atom is 0.136 e. The van der Waals surface area contributed by atoms with Gasteiger partial charge >= 0.3 is 0 Å². The van der Waals surface area contributed by atoms with Crippen LogP contribution in [0.15, 0.2) is 191 Å². The summed E-state index contributed by atoms with van der Waals surface area (Å²) in [5, 5.41) is 14.5. The molecule has 0 saturated heterocycles. The summed E-state index contributed by atoms with van der Waals surface area (Å²) in [6.07, 6.45) is 1.86. The molecule has 0 fully saturated rings. The second kappa shape index (κ2) is 11.7. The Morgan fingerprint density at radius 2 is 1.30 bits per heavy atom. The Bertz CT molecular complexity index is 3400. The quantitative estimate of drug-likeness (QED) is 0.176. The Hall–Kier alpha value is -7.56. The van der Waals surface area contributed by atoms with Crippen molar-refractivity contribution in [3.8, 4) is 27.9 Å². The molecule has 10 aromatic rings. The Morgan fingerprint density at radius 1 is 0.596 bits per heavy atom. The number of allylic oxidation sites excluding steroid dienone is 1. The number of benzene rings is 8. The lowest BCUT2D eigenvalue weighted by Gasteiger charge is -2.39. The van der Waals surface area contributed by atoms with Gasteiger partial charge in [0.2, 0.25) is 0 Å². The second-order valence-electron chi connectivity index (χ2n) is 15.1. The van der Waals surface area contributed by atoms with E-state index in [2.05, 4.69) is 150 Å². The van der Waals surface area contributed by atoms with E-state index in [0.29, 0.717) is 11.4 Å². The third kappa shape index (κ3) is 4.16. The Labute approximate surface area is 328 Å². The molecule has 0 radical (unpaired) electrons. The zero-order chi connectivity index (χ0) is 37.8. The van der Waals surface area contributed by atoms with Crippen LogP contribution in [0, 0.1) is 5.41 Å². The van der Waals surface area contributed by atoms with Gasteiger partial charge in [-0.25, -0.2) is 0 Å². The van der Waals surface area contributed by atoms with Gasteiger partial charge in [0, 0.05) is 32.7 Å². The first-order valence-corrected chi connectivity index (χ1v) is 19.3. The molecule has 4 heteroatoms. The lowest BCUT2D eigenvalue weighted by molar-refractivity contribution is 0.669. The van der Waals surface area contributed by atoms with Crippen LogP contribution in [0.25, 0.3) is 77.4 Å². The van der Waals surface area contributed by atoms with Crippen molar-refractivity contribution in [3.63, 3.8) is 0 Å². The second-order valence-corrected chi connectivity index (χ2v) is 15.1. The molecule has 1 atom stereocenters. The van der Waals surface area contributed by atoms with E-state index in [1.54, 1.807) is 0 Å². The van der Waals surface area contributed by atoms with Gasteiger partial charge in [0.15, 0.2) is 0 Å². The normalized spacial score (nSPS) is 15.3. The van der Waals surface area contributed by atoms with Gasteiger partial charge in [-0.1, -0.05) is 146 Å². The summed E-state index contributed by atoms with van der Waals surface area (Å²) >= 11 is 0. The van der Waals surface area contributed by atoms with Gasteiger partial charge in [-0.05, 0) is 87.6 Å². The van der Waals surface area contributed by atoms with Crippen LogP contribution in [0.2, 0.25) is 0 Å². The predicted molar refractivity (Wildman–Crippen MR) is 235 cm³/mol. The average Bonchev–Trinajstić information content (AvgIpc) is 3.92. The molecule has 0 bridgehead atoms. The highest BCUT2D eigenvalue weighted by atomic mass is 16.3. The largest absolute Gasteiger partial charge is 0.456 e. The molecule has 1 unspecified atom stereocenters. The SMILES string of the molecule is C=N/C(=C\C(=N)c1cccc2c1-c1cc(-c3cccc4oc5ccccc5c34)ccc1C21c2ccccc2-n2c3ccccc3c3cccc1c32)c1ccccc1. The van der Waals surface area contributed by atoms with Crippen molar-refractivity contribution < 1.29 is 4.42 Å².